The minimum absolute atomic E-state index is 0.0538. The highest BCUT2D eigenvalue weighted by molar-refractivity contribution is 5.82. The third kappa shape index (κ3) is 1.86. The van der Waals surface area contributed by atoms with E-state index in [4.69, 9.17) is 5.73 Å². The molecule has 2 N–H and O–H groups in total. The predicted octanol–water partition coefficient (Wildman–Crippen LogP) is 2.80. The molecule has 0 unspecified atom stereocenters. The van der Waals surface area contributed by atoms with E-state index in [1.807, 2.05) is 0 Å². The van der Waals surface area contributed by atoms with Crippen LogP contribution in [-0.4, -0.2) is 11.2 Å². The number of halogens is 3. The van der Waals surface area contributed by atoms with Crippen molar-refractivity contribution in [2.24, 2.45) is 5.73 Å². The Bertz CT molecular complexity index is 503. The molecule has 0 saturated carbocycles. The Balaban J connectivity index is 2.61. The molecule has 1 atom stereocenters. The summed E-state index contributed by atoms with van der Waals surface area (Å²) < 4.78 is 37.6. The van der Waals surface area contributed by atoms with Gasteiger partial charge in [-0.1, -0.05) is 18.2 Å². The van der Waals surface area contributed by atoms with E-state index in [9.17, 15) is 13.2 Å². The quantitative estimate of drug-likeness (QED) is 0.812. The number of rotatable bonds is 1. The highest BCUT2D eigenvalue weighted by Gasteiger charge is 2.38. The van der Waals surface area contributed by atoms with Crippen LogP contribution in [0.1, 0.15) is 11.6 Å². The van der Waals surface area contributed by atoms with Crippen LogP contribution in [0.15, 0.2) is 36.5 Å². The molecule has 0 bridgehead atoms. The van der Waals surface area contributed by atoms with E-state index in [-0.39, 0.29) is 5.56 Å². The molecule has 5 heteroatoms. The SMILES string of the molecule is N[C@@H](c1cccc2ncccc12)C(F)(F)F. The summed E-state index contributed by atoms with van der Waals surface area (Å²) in [6, 6.07) is 5.76. The molecule has 0 radical (unpaired) electrons. The third-order valence-corrected chi connectivity index (χ3v) is 2.37. The largest absolute Gasteiger partial charge is 0.407 e. The molecule has 0 spiro atoms. The van der Waals surface area contributed by atoms with E-state index >= 15 is 0 Å². The number of fused-ring (bicyclic) bond motifs is 1. The van der Waals surface area contributed by atoms with Crippen LogP contribution < -0.4 is 5.73 Å². The lowest BCUT2D eigenvalue weighted by Gasteiger charge is -2.17. The summed E-state index contributed by atoms with van der Waals surface area (Å²) in [5.74, 6) is 0. The Kier molecular flexibility index (Phi) is 2.55. The number of pyridine rings is 1. The van der Waals surface area contributed by atoms with Gasteiger partial charge in [-0.05, 0) is 17.7 Å². The minimum Gasteiger partial charge on any atom is -0.316 e. The van der Waals surface area contributed by atoms with Crippen molar-refractivity contribution in [1.29, 1.82) is 0 Å². The van der Waals surface area contributed by atoms with Crippen molar-refractivity contribution in [1.82, 2.24) is 4.98 Å². The summed E-state index contributed by atoms with van der Waals surface area (Å²) in [7, 11) is 0. The maximum Gasteiger partial charge on any atom is 0.407 e. The van der Waals surface area contributed by atoms with Gasteiger partial charge in [0.2, 0.25) is 0 Å². The van der Waals surface area contributed by atoms with Crippen LogP contribution in [0.4, 0.5) is 13.2 Å². The second-order valence-electron chi connectivity index (χ2n) is 3.44. The zero-order chi connectivity index (χ0) is 11.8. The molecule has 1 heterocycles. The first-order valence-corrected chi connectivity index (χ1v) is 4.66. The summed E-state index contributed by atoms with van der Waals surface area (Å²) in [5, 5.41) is 0.440. The number of aromatic nitrogens is 1. The van der Waals surface area contributed by atoms with Crippen LogP contribution in [0.2, 0.25) is 0 Å². The molecular formula is C11H9F3N2. The highest BCUT2D eigenvalue weighted by atomic mass is 19.4. The zero-order valence-electron chi connectivity index (χ0n) is 8.20. The van der Waals surface area contributed by atoms with E-state index in [0.717, 1.165) is 0 Å². The van der Waals surface area contributed by atoms with Gasteiger partial charge in [0.1, 0.15) is 6.04 Å². The van der Waals surface area contributed by atoms with Crippen LogP contribution in [0.25, 0.3) is 10.9 Å². The Morgan fingerprint density at radius 2 is 1.88 bits per heavy atom. The molecule has 0 aliphatic rings. The molecule has 0 aliphatic heterocycles. The second kappa shape index (κ2) is 3.75. The standard InChI is InChI=1S/C11H9F3N2/c12-11(13,14)10(15)8-3-1-5-9-7(8)4-2-6-16-9/h1-6,10H,15H2/t10-/m0/s1. The average molecular weight is 226 g/mol. The predicted molar refractivity (Wildman–Crippen MR) is 54.7 cm³/mol. The molecule has 1 aromatic heterocycles. The molecule has 2 nitrogen and oxygen atoms in total. The summed E-state index contributed by atoms with van der Waals surface area (Å²) >= 11 is 0. The molecule has 1 aromatic carbocycles. The van der Waals surface area contributed by atoms with E-state index in [0.29, 0.717) is 10.9 Å². The first kappa shape index (κ1) is 10.9. The van der Waals surface area contributed by atoms with Gasteiger partial charge in [-0.3, -0.25) is 4.98 Å². The number of nitrogens with two attached hydrogens (primary N) is 1. The highest BCUT2D eigenvalue weighted by Crippen LogP contribution is 2.33. The molecule has 2 aromatic rings. The molecule has 2 rings (SSSR count). The summed E-state index contributed by atoms with van der Waals surface area (Å²) in [4.78, 5) is 3.98. The average Bonchev–Trinajstić information content (AvgIpc) is 2.26. The van der Waals surface area contributed by atoms with Crippen molar-refractivity contribution in [2.75, 3.05) is 0 Å². The summed E-state index contributed by atoms with van der Waals surface area (Å²) in [5.41, 5.74) is 5.75. The first-order chi connectivity index (χ1) is 7.50. The van der Waals surface area contributed by atoms with E-state index in [1.54, 1.807) is 18.2 Å². The maximum atomic E-state index is 12.5. The lowest BCUT2D eigenvalue weighted by Crippen LogP contribution is -2.28. The van der Waals surface area contributed by atoms with Gasteiger partial charge in [-0.15, -0.1) is 0 Å². The van der Waals surface area contributed by atoms with E-state index in [1.165, 1.54) is 18.3 Å². The van der Waals surface area contributed by atoms with Gasteiger partial charge >= 0.3 is 6.18 Å². The van der Waals surface area contributed by atoms with Crippen LogP contribution in [0.5, 0.6) is 0 Å². The molecule has 16 heavy (non-hydrogen) atoms. The zero-order valence-corrected chi connectivity index (χ0v) is 8.20. The van der Waals surface area contributed by atoms with Crippen LogP contribution in [0.3, 0.4) is 0 Å². The molecule has 0 fully saturated rings. The lowest BCUT2D eigenvalue weighted by molar-refractivity contribution is -0.148. The molecule has 0 saturated heterocycles. The monoisotopic (exact) mass is 226 g/mol. The van der Waals surface area contributed by atoms with Crippen molar-refractivity contribution in [3.8, 4) is 0 Å². The Morgan fingerprint density at radius 3 is 2.56 bits per heavy atom. The number of hydrogen-bond donors (Lipinski definition) is 1. The van der Waals surface area contributed by atoms with Crippen molar-refractivity contribution < 1.29 is 13.2 Å². The summed E-state index contributed by atoms with van der Waals surface area (Å²) in [6.45, 7) is 0. The topological polar surface area (TPSA) is 38.9 Å². The molecule has 84 valence electrons. The molecular weight excluding hydrogens is 217 g/mol. The van der Waals surface area contributed by atoms with E-state index < -0.39 is 12.2 Å². The Hall–Kier alpha value is -1.62. The normalized spacial score (nSPS) is 14.0. The van der Waals surface area contributed by atoms with Gasteiger partial charge in [0.25, 0.3) is 0 Å². The third-order valence-electron chi connectivity index (χ3n) is 2.37. The fourth-order valence-electron chi connectivity index (χ4n) is 1.57. The fraction of sp³-hybridized carbons (Fsp3) is 0.182. The van der Waals surface area contributed by atoms with Gasteiger partial charge in [-0.2, -0.15) is 13.2 Å². The van der Waals surface area contributed by atoms with Gasteiger partial charge in [0, 0.05) is 11.6 Å². The first-order valence-electron chi connectivity index (χ1n) is 4.66. The van der Waals surface area contributed by atoms with Crippen molar-refractivity contribution in [3.63, 3.8) is 0 Å². The Morgan fingerprint density at radius 1 is 1.12 bits per heavy atom. The number of nitrogens with zero attached hydrogens (tertiary/aromatic N) is 1. The fourth-order valence-corrected chi connectivity index (χ4v) is 1.57. The lowest BCUT2D eigenvalue weighted by atomic mass is 10.0. The molecule has 0 amide bonds. The van der Waals surface area contributed by atoms with Crippen LogP contribution in [-0.2, 0) is 0 Å². The van der Waals surface area contributed by atoms with Crippen molar-refractivity contribution in [3.05, 3.63) is 42.1 Å². The Labute approximate surface area is 89.9 Å². The number of alkyl halides is 3. The number of benzene rings is 1. The summed E-state index contributed by atoms with van der Waals surface area (Å²) in [6.07, 6.45) is -2.91. The van der Waals surface area contributed by atoms with Crippen LogP contribution >= 0.6 is 0 Å². The van der Waals surface area contributed by atoms with Crippen molar-refractivity contribution in [2.45, 2.75) is 12.2 Å². The number of hydrogen-bond acceptors (Lipinski definition) is 2. The van der Waals surface area contributed by atoms with Crippen molar-refractivity contribution >= 4 is 10.9 Å². The second-order valence-corrected chi connectivity index (χ2v) is 3.44. The van der Waals surface area contributed by atoms with Gasteiger partial charge in [0.15, 0.2) is 0 Å². The van der Waals surface area contributed by atoms with Crippen LogP contribution in [0, 0.1) is 0 Å². The molecule has 0 aliphatic carbocycles. The van der Waals surface area contributed by atoms with E-state index in [2.05, 4.69) is 4.98 Å². The minimum atomic E-state index is -4.44. The maximum absolute atomic E-state index is 12.5. The van der Waals surface area contributed by atoms with Gasteiger partial charge in [-0.25, -0.2) is 0 Å². The van der Waals surface area contributed by atoms with Gasteiger partial charge in [0.05, 0.1) is 5.52 Å². The smallest absolute Gasteiger partial charge is 0.316 e. The van der Waals surface area contributed by atoms with Gasteiger partial charge < -0.3 is 5.73 Å².